The van der Waals surface area contributed by atoms with Crippen molar-refractivity contribution in [2.24, 2.45) is 0 Å². The zero-order valence-electron chi connectivity index (χ0n) is 35.4. The summed E-state index contributed by atoms with van der Waals surface area (Å²) in [5.41, 5.74) is 23.4. The van der Waals surface area contributed by atoms with Crippen molar-refractivity contribution in [2.45, 2.75) is 64.7 Å². The van der Waals surface area contributed by atoms with E-state index >= 15 is 0 Å². The van der Waals surface area contributed by atoms with E-state index in [0.29, 0.717) is 0 Å². The predicted molar refractivity (Wildman–Crippen MR) is 257 cm³/mol. The molecular weight excluding hydrogens is 744 g/mol. The number of anilines is 6. The fourth-order valence-electron chi connectivity index (χ4n) is 11.1. The Morgan fingerprint density at radius 2 is 1.07 bits per heavy atom. The Hall–Kier alpha value is -6.10. The topological polar surface area (TPSA) is 6.48 Å². The quantitative estimate of drug-likeness (QED) is 0.161. The summed E-state index contributed by atoms with van der Waals surface area (Å²) in [6, 6.07) is 60.5. The molecule has 2 aliphatic carbocycles. The second kappa shape index (κ2) is 12.2. The van der Waals surface area contributed by atoms with Gasteiger partial charge in [-0.15, -0.1) is 11.3 Å². The maximum atomic E-state index is 2.66. The molecule has 0 bridgehead atoms. The average Bonchev–Trinajstić information content (AvgIpc) is 3.87. The van der Waals surface area contributed by atoms with Gasteiger partial charge in [0, 0.05) is 43.7 Å². The molecule has 1 aromatic heterocycles. The number of thiophene rings is 1. The van der Waals surface area contributed by atoms with Crippen LogP contribution in [0.1, 0.15) is 79.8 Å². The Balaban J connectivity index is 1.24. The van der Waals surface area contributed by atoms with E-state index in [2.05, 4.69) is 227 Å². The van der Waals surface area contributed by atoms with Crippen LogP contribution >= 0.6 is 11.3 Å². The Kier molecular flexibility index (Phi) is 7.31. The molecule has 0 fully saturated rings. The lowest BCUT2D eigenvalue weighted by molar-refractivity contribution is 0.588. The summed E-state index contributed by atoms with van der Waals surface area (Å²) in [5.74, 6) is 0. The fourth-order valence-corrected chi connectivity index (χ4v) is 12.7. The third-order valence-electron chi connectivity index (χ3n) is 13.8. The van der Waals surface area contributed by atoms with E-state index in [1.54, 1.807) is 0 Å². The second-order valence-corrected chi connectivity index (χ2v) is 20.4. The molecular formula is C56H47BN2S. The standard InChI is InChI=1S/C56H47BN2S/c1-34-31-47-50-48(32-34)59(38-28-25-35(26-29-38)54(2,3)4)51-49-41-30-27-36(55(5,6)7)33-44(41)56(42-21-13-11-19-39(42)40-20-12-14-22-43(40)56)52(49)60-53(51)57(50)45-23-15-16-24-46(45)58(47)37-17-9-8-10-18-37/h8-33H,1-7H3. The average molecular weight is 791 g/mol. The SMILES string of the molecule is Cc1cc2c3c(c1)N(c1ccc(C(C)(C)C)cc1)c1c(sc4c1-c1ccc(C(C)(C)C)cc1C41c4ccccc4-c4ccccc41)B3c1ccccc1N2c1ccccc1. The summed E-state index contributed by atoms with van der Waals surface area (Å²) in [7, 11) is 0. The van der Waals surface area contributed by atoms with Crippen molar-refractivity contribution >= 4 is 67.9 Å². The fraction of sp³-hybridized carbons (Fsp3) is 0.179. The van der Waals surface area contributed by atoms with Gasteiger partial charge in [-0.25, -0.2) is 0 Å². The van der Waals surface area contributed by atoms with Crippen molar-refractivity contribution in [3.63, 3.8) is 0 Å². The molecule has 0 atom stereocenters. The number of nitrogens with zero attached hydrogens (tertiary/aromatic N) is 2. The highest BCUT2D eigenvalue weighted by Crippen LogP contribution is 2.67. The molecule has 2 aliphatic heterocycles. The van der Waals surface area contributed by atoms with Gasteiger partial charge in [0.2, 0.25) is 0 Å². The van der Waals surface area contributed by atoms with Gasteiger partial charge in [0.1, 0.15) is 0 Å². The van der Waals surface area contributed by atoms with Crippen molar-refractivity contribution in [3.05, 3.63) is 196 Å². The minimum Gasteiger partial charge on any atom is -0.311 e. The highest BCUT2D eigenvalue weighted by molar-refractivity contribution is 7.30. The van der Waals surface area contributed by atoms with Crippen molar-refractivity contribution in [1.29, 1.82) is 0 Å². The van der Waals surface area contributed by atoms with Crippen LogP contribution in [0.3, 0.4) is 0 Å². The van der Waals surface area contributed by atoms with Crippen molar-refractivity contribution in [1.82, 2.24) is 0 Å². The smallest absolute Gasteiger partial charge is 0.264 e. The highest BCUT2D eigenvalue weighted by Gasteiger charge is 2.57. The molecule has 290 valence electrons. The summed E-state index contributed by atoms with van der Waals surface area (Å²) in [6.07, 6.45) is 0. The summed E-state index contributed by atoms with van der Waals surface area (Å²) < 4.78 is 1.42. The second-order valence-electron chi connectivity index (χ2n) is 19.4. The van der Waals surface area contributed by atoms with E-state index in [-0.39, 0.29) is 17.5 Å². The number of hydrogen-bond donors (Lipinski definition) is 0. The first-order chi connectivity index (χ1) is 29.0. The molecule has 0 unspecified atom stereocenters. The van der Waals surface area contributed by atoms with E-state index in [9.17, 15) is 0 Å². The summed E-state index contributed by atoms with van der Waals surface area (Å²) >= 11 is 2.07. The van der Waals surface area contributed by atoms with Crippen LogP contribution < -0.4 is 25.5 Å². The van der Waals surface area contributed by atoms with Gasteiger partial charge in [0.05, 0.1) is 11.1 Å². The molecule has 0 saturated carbocycles. The van der Waals surface area contributed by atoms with Crippen LogP contribution in [-0.4, -0.2) is 6.71 Å². The number of hydrogen-bond acceptors (Lipinski definition) is 3. The molecule has 0 saturated heterocycles. The zero-order chi connectivity index (χ0) is 40.9. The molecule has 0 amide bonds. The lowest BCUT2D eigenvalue weighted by atomic mass is 9.36. The summed E-state index contributed by atoms with van der Waals surface area (Å²) in [5, 5.41) is 0. The van der Waals surface area contributed by atoms with Crippen LogP contribution in [0.2, 0.25) is 0 Å². The van der Waals surface area contributed by atoms with Crippen LogP contribution in [0, 0.1) is 6.92 Å². The van der Waals surface area contributed by atoms with E-state index in [1.165, 1.54) is 110 Å². The van der Waals surface area contributed by atoms with Crippen LogP contribution in [0.4, 0.5) is 34.1 Å². The van der Waals surface area contributed by atoms with E-state index < -0.39 is 5.41 Å². The molecule has 0 radical (unpaired) electrons. The lowest BCUT2D eigenvalue weighted by Gasteiger charge is -2.43. The van der Waals surface area contributed by atoms with Crippen molar-refractivity contribution in [3.8, 4) is 22.3 Å². The molecule has 2 nitrogen and oxygen atoms in total. The minimum absolute atomic E-state index is 0.00651. The predicted octanol–water partition coefficient (Wildman–Crippen LogP) is 13.1. The molecule has 4 heteroatoms. The minimum atomic E-state index is -0.446. The number of para-hydroxylation sites is 2. The number of rotatable bonds is 2. The number of benzene rings is 7. The van der Waals surface area contributed by atoms with E-state index in [1.807, 2.05) is 0 Å². The van der Waals surface area contributed by atoms with Gasteiger partial charge in [-0.2, -0.15) is 0 Å². The van der Waals surface area contributed by atoms with Crippen LogP contribution in [0.5, 0.6) is 0 Å². The lowest BCUT2D eigenvalue weighted by Crippen LogP contribution is -2.60. The third kappa shape index (κ3) is 4.66. The van der Waals surface area contributed by atoms with Gasteiger partial charge in [0.15, 0.2) is 0 Å². The first-order valence-electron chi connectivity index (χ1n) is 21.5. The van der Waals surface area contributed by atoms with Crippen LogP contribution in [0.15, 0.2) is 158 Å². The van der Waals surface area contributed by atoms with E-state index in [4.69, 9.17) is 0 Å². The molecule has 8 aromatic rings. The molecule has 60 heavy (non-hydrogen) atoms. The largest absolute Gasteiger partial charge is 0.311 e. The molecule has 7 aromatic carbocycles. The van der Waals surface area contributed by atoms with Gasteiger partial charge in [0.25, 0.3) is 6.71 Å². The van der Waals surface area contributed by atoms with Gasteiger partial charge >= 0.3 is 0 Å². The normalized spacial score (nSPS) is 14.9. The highest BCUT2D eigenvalue weighted by atomic mass is 32.1. The summed E-state index contributed by atoms with van der Waals surface area (Å²) in [6.45, 7) is 16.3. The summed E-state index contributed by atoms with van der Waals surface area (Å²) in [4.78, 5) is 6.61. The first kappa shape index (κ1) is 35.8. The molecule has 3 heterocycles. The van der Waals surface area contributed by atoms with Gasteiger partial charge < -0.3 is 9.80 Å². The van der Waals surface area contributed by atoms with Crippen LogP contribution in [-0.2, 0) is 16.2 Å². The Labute approximate surface area is 358 Å². The molecule has 4 aliphatic rings. The molecule has 0 N–H and O–H groups in total. The zero-order valence-corrected chi connectivity index (χ0v) is 36.2. The number of aryl methyl sites for hydroxylation is 1. The van der Waals surface area contributed by atoms with Crippen molar-refractivity contribution < 1.29 is 0 Å². The Bertz CT molecular complexity index is 3040. The monoisotopic (exact) mass is 790 g/mol. The number of fused-ring (bicyclic) bond motifs is 15. The van der Waals surface area contributed by atoms with Crippen molar-refractivity contribution in [2.75, 3.05) is 9.80 Å². The van der Waals surface area contributed by atoms with Gasteiger partial charge in [-0.05, 0) is 121 Å². The first-order valence-corrected chi connectivity index (χ1v) is 22.3. The Morgan fingerprint density at radius 3 is 1.73 bits per heavy atom. The third-order valence-corrected chi connectivity index (χ3v) is 15.2. The Morgan fingerprint density at radius 1 is 0.500 bits per heavy atom. The maximum absolute atomic E-state index is 2.66. The van der Waals surface area contributed by atoms with E-state index in [0.717, 1.165) is 0 Å². The van der Waals surface area contributed by atoms with Gasteiger partial charge in [-0.3, -0.25) is 0 Å². The van der Waals surface area contributed by atoms with Crippen LogP contribution in [0.25, 0.3) is 22.3 Å². The van der Waals surface area contributed by atoms with Gasteiger partial charge in [-0.1, -0.05) is 157 Å². The molecule has 1 spiro atoms. The molecule has 12 rings (SSSR count). The maximum Gasteiger partial charge on any atom is 0.264 e.